The van der Waals surface area contributed by atoms with Crippen LogP contribution in [0.5, 0.6) is 0 Å². The fourth-order valence-corrected chi connectivity index (χ4v) is 1.97. The molecule has 0 aliphatic carbocycles. The van der Waals surface area contributed by atoms with Crippen LogP contribution in [0.3, 0.4) is 0 Å². The van der Waals surface area contributed by atoms with Crippen molar-refractivity contribution >= 4 is 30.7 Å². The summed E-state index contributed by atoms with van der Waals surface area (Å²) in [5, 5.41) is 8.14. The van der Waals surface area contributed by atoms with Crippen molar-refractivity contribution < 1.29 is 9.90 Å². The van der Waals surface area contributed by atoms with Gasteiger partial charge in [0, 0.05) is 6.42 Å². The zero-order valence-electron chi connectivity index (χ0n) is 10.5. The van der Waals surface area contributed by atoms with Gasteiger partial charge in [-0.1, -0.05) is 19.8 Å². The number of hydrogen-bond donors (Lipinski definition) is 1. The standard InChI is InChI=1S/C6H12O2.C6H13.Bi.2H/c1-2-3-4-5-6(7)8;1-3-5-6-4-2;;;/h2-5H2,1H3,(H,7,8);3H,4-6H2,1-2H3;;;. The Kier molecular flexibility index (Phi) is 17.0. The van der Waals surface area contributed by atoms with E-state index in [9.17, 15) is 4.79 Å². The van der Waals surface area contributed by atoms with Crippen LogP contribution in [0.2, 0.25) is 3.63 Å². The molecule has 0 heterocycles. The van der Waals surface area contributed by atoms with Crippen LogP contribution in [0.1, 0.15) is 65.7 Å². The zero-order chi connectivity index (χ0) is 12.1. The Labute approximate surface area is 110 Å². The zero-order valence-corrected chi connectivity index (χ0v) is 14.9. The van der Waals surface area contributed by atoms with Crippen molar-refractivity contribution in [3.63, 3.8) is 0 Å². The average molecular weight is 412 g/mol. The number of rotatable bonds is 7. The molecule has 3 heteroatoms. The van der Waals surface area contributed by atoms with Gasteiger partial charge in [-0.25, -0.2) is 0 Å². The van der Waals surface area contributed by atoms with Crippen molar-refractivity contribution in [3.05, 3.63) is 0 Å². The summed E-state index contributed by atoms with van der Waals surface area (Å²) in [4.78, 5) is 9.87. The van der Waals surface area contributed by atoms with Crippen molar-refractivity contribution in [1.29, 1.82) is 0 Å². The van der Waals surface area contributed by atoms with E-state index in [1.165, 1.54) is 44.0 Å². The van der Waals surface area contributed by atoms with E-state index in [4.69, 9.17) is 5.11 Å². The summed E-state index contributed by atoms with van der Waals surface area (Å²) < 4.78 is 1.07. The predicted molar refractivity (Wildman–Crippen MR) is 69.3 cm³/mol. The van der Waals surface area contributed by atoms with Gasteiger partial charge in [-0.15, -0.1) is 0 Å². The normalized spacial score (nSPS) is 11.5. The fourth-order valence-electron chi connectivity index (χ4n) is 1.05. The van der Waals surface area contributed by atoms with E-state index in [0.717, 1.165) is 22.9 Å². The summed E-state index contributed by atoms with van der Waals surface area (Å²) in [6.45, 7) is 6.66. The molecule has 0 aliphatic heterocycles. The molecule has 0 bridgehead atoms. The van der Waals surface area contributed by atoms with E-state index in [1.807, 2.05) is 0 Å². The Morgan fingerprint density at radius 2 is 1.73 bits per heavy atom. The summed E-state index contributed by atoms with van der Waals surface area (Å²) in [7, 11) is 0. The second-order valence-electron chi connectivity index (χ2n) is 3.97. The van der Waals surface area contributed by atoms with Crippen molar-refractivity contribution in [2.24, 2.45) is 0 Å². The molecule has 0 saturated heterocycles. The molecule has 0 aliphatic rings. The first-order valence-corrected chi connectivity index (χ1v) is 8.61. The summed E-state index contributed by atoms with van der Waals surface area (Å²) in [5.41, 5.74) is 0. The quantitative estimate of drug-likeness (QED) is 0.515. The van der Waals surface area contributed by atoms with Gasteiger partial charge in [0.2, 0.25) is 0 Å². The van der Waals surface area contributed by atoms with E-state index < -0.39 is 5.97 Å². The molecule has 1 atom stereocenters. The Hall–Kier alpha value is 0.353. The maximum atomic E-state index is 9.87. The molecule has 0 rings (SSSR count). The van der Waals surface area contributed by atoms with Crippen LogP contribution in [0.25, 0.3) is 0 Å². The summed E-state index contributed by atoms with van der Waals surface area (Å²) in [6, 6.07) is 0. The molecular formula is C12H27BiO2. The van der Waals surface area contributed by atoms with Crippen molar-refractivity contribution in [3.8, 4) is 0 Å². The fraction of sp³-hybridized carbons (Fsp3) is 0.917. The third-order valence-electron chi connectivity index (χ3n) is 2.01. The van der Waals surface area contributed by atoms with E-state index in [2.05, 4.69) is 20.8 Å². The minimum atomic E-state index is -0.682. The van der Waals surface area contributed by atoms with Gasteiger partial charge in [0.15, 0.2) is 0 Å². The topological polar surface area (TPSA) is 37.3 Å². The monoisotopic (exact) mass is 412 g/mol. The first kappa shape index (κ1) is 17.7. The van der Waals surface area contributed by atoms with Gasteiger partial charge < -0.3 is 5.11 Å². The molecule has 0 amide bonds. The van der Waals surface area contributed by atoms with Crippen molar-refractivity contribution in [2.75, 3.05) is 0 Å². The van der Waals surface area contributed by atoms with Crippen LogP contribution in [0, 0.1) is 0 Å². The summed E-state index contributed by atoms with van der Waals surface area (Å²) in [6.07, 6.45) is 7.56. The second kappa shape index (κ2) is 14.4. The predicted octanol–water partition coefficient (Wildman–Crippen LogP) is 3.27. The van der Waals surface area contributed by atoms with Gasteiger partial charge in [0.05, 0.1) is 0 Å². The Morgan fingerprint density at radius 1 is 1.20 bits per heavy atom. The van der Waals surface area contributed by atoms with E-state index >= 15 is 0 Å². The molecule has 0 radical (unpaired) electrons. The third-order valence-corrected chi connectivity index (χ3v) is 3.30. The van der Waals surface area contributed by atoms with Crippen LogP contribution in [0.4, 0.5) is 0 Å². The number of unbranched alkanes of at least 4 members (excludes halogenated alkanes) is 3. The molecule has 0 aromatic carbocycles. The summed E-state index contributed by atoms with van der Waals surface area (Å²) in [5.74, 6) is -0.682. The number of aliphatic carboxylic acids is 1. The maximum absolute atomic E-state index is 9.87. The molecule has 2 nitrogen and oxygen atoms in total. The van der Waals surface area contributed by atoms with Crippen molar-refractivity contribution in [1.82, 2.24) is 0 Å². The molecule has 1 N–H and O–H groups in total. The van der Waals surface area contributed by atoms with Gasteiger partial charge in [0.1, 0.15) is 0 Å². The third kappa shape index (κ3) is 25.0. The molecule has 15 heavy (non-hydrogen) atoms. The van der Waals surface area contributed by atoms with E-state index in [-0.39, 0.29) is 0 Å². The number of hydrogen-bond acceptors (Lipinski definition) is 1. The first-order valence-electron chi connectivity index (χ1n) is 6.01. The van der Waals surface area contributed by atoms with E-state index in [1.54, 1.807) is 0 Å². The van der Waals surface area contributed by atoms with Crippen LogP contribution in [-0.4, -0.2) is 35.8 Å². The van der Waals surface area contributed by atoms with Crippen LogP contribution >= 0.6 is 0 Å². The van der Waals surface area contributed by atoms with Gasteiger partial charge in [0.25, 0.3) is 0 Å². The minimum absolute atomic E-state index is 0.327. The molecule has 0 aromatic heterocycles. The number of carbonyl (C=O) groups is 1. The molecule has 0 fully saturated rings. The van der Waals surface area contributed by atoms with Crippen LogP contribution in [0.15, 0.2) is 0 Å². The summed E-state index contributed by atoms with van der Waals surface area (Å²) >= 11 is 1.21. The van der Waals surface area contributed by atoms with Gasteiger partial charge >= 0.3 is 67.4 Å². The number of carboxylic acid groups (broad SMARTS) is 1. The van der Waals surface area contributed by atoms with Crippen LogP contribution < -0.4 is 0 Å². The molecule has 0 aromatic rings. The Bertz CT molecular complexity index is 136. The molecule has 0 spiro atoms. The Morgan fingerprint density at radius 3 is 2.00 bits per heavy atom. The van der Waals surface area contributed by atoms with Gasteiger partial charge in [-0.2, -0.15) is 0 Å². The van der Waals surface area contributed by atoms with E-state index in [0.29, 0.717) is 6.42 Å². The van der Waals surface area contributed by atoms with Gasteiger partial charge in [-0.3, -0.25) is 4.79 Å². The first-order chi connectivity index (χ1) is 7.04. The number of carboxylic acids is 1. The molecule has 92 valence electrons. The molecule has 0 saturated carbocycles. The van der Waals surface area contributed by atoms with Crippen molar-refractivity contribution in [2.45, 2.75) is 69.3 Å². The molecular weight excluding hydrogens is 385 g/mol. The Balaban J connectivity index is 0. The van der Waals surface area contributed by atoms with Crippen LogP contribution in [-0.2, 0) is 4.79 Å². The van der Waals surface area contributed by atoms with Gasteiger partial charge in [-0.05, 0) is 6.42 Å². The molecule has 1 unspecified atom stereocenters. The SMILES string of the molecule is CCCCCC(=O)O.CCCC[CH](C)[BiH2]. The second-order valence-corrected chi connectivity index (χ2v) is 8.39. The average Bonchev–Trinajstić information content (AvgIpc) is 2.15.